The summed E-state index contributed by atoms with van der Waals surface area (Å²) in [7, 11) is -22.8. The zero-order valence-electron chi connectivity index (χ0n) is 20.0. The molecule has 0 spiro atoms. The second-order valence-electron chi connectivity index (χ2n) is 7.82. The summed E-state index contributed by atoms with van der Waals surface area (Å²) < 4.78 is 74.2. The van der Waals surface area contributed by atoms with Gasteiger partial charge in [0.1, 0.15) is 12.3 Å². The number of phosphoric acid groups is 4. The number of H-pyrrole nitrogens is 1. The van der Waals surface area contributed by atoms with Gasteiger partial charge in [-0.3, -0.25) is 23.4 Å². The molecule has 0 amide bonds. The van der Waals surface area contributed by atoms with Crippen LogP contribution in [0.3, 0.4) is 0 Å². The molecule has 6 N–H and O–H groups in total. The molecule has 0 bridgehead atoms. The van der Waals surface area contributed by atoms with Crippen molar-refractivity contribution in [1.29, 1.82) is 0 Å². The van der Waals surface area contributed by atoms with Gasteiger partial charge in [-0.25, -0.2) is 23.1 Å². The molecular weight excluding hydrogens is 616 g/mol. The molecule has 1 saturated heterocycles. The first kappa shape index (κ1) is 33.9. The van der Waals surface area contributed by atoms with E-state index in [1.165, 1.54) is 6.92 Å². The average molecular weight is 642 g/mol. The Morgan fingerprint density at radius 2 is 1.59 bits per heavy atom. The Morgan fingerprint density at radius 1 is 1.03 bits per heavy atom. The van der Waals surface area contributed by atoms with Gasteiger partial charge in [-0.15, -0.1) is 12.3 Å². The minimum atomic E-state index is -5.98. The van der Waals surface area contributed by atoms with Crippen molar-refractivity contribution in [3.05, 3.63) is 32.6 Å². The molecule has 23 heteroatoms. The van der Waals surface area contributed by atoms with Gasteiger partial charge in [0.25, 0.3) is 5.56 Å². The zero-order valence-corrected chi connectivity index (χ0v) is 23.6. The number of terminal acetylenes is 1. The van der Waals surface area contributed by atoms with Crippen LogP contribution in [0, 0.1) is 19.3 Å². The van der Waals surface area contributed by atoms with Crippen LogP contribution in [0.2, 0.25) is 0 Å². The molecule has 0 radical (unpaired) electrons. The molecule has 1 aromatic rings. The predicted octanol–water partition coefficient (Wildman–Crippen LogP) is 0.782. The summed E-state index contributed by atoms with van der Waals surface area (Å²) in [4.78, 5) is 63.8. The maximum Gasteiger partial charge on any atom is 0.490 e. The fourth-order valence-electron chi connectivity index (χ4n) is 2.98. The summed E-state index contributed by atoms with van der Waals surface area (Å²) >= 11 is 0. The summed E-state index contributed by atoms with van der Waals surface area (Å²) in [5.74, 6) is 2.30. The van der Waals surface area contributed by atoms with Crippen LogP contribution in [0.5, 0.6) is 0 Å². The van der Waals surface area contributed by atoms with Crippen LogP contribution in [-0.4, -0.2) is 59.7 Å². The quantitative estimate of drug-likeness (QED) is 0.0875. The summed E-state index contributed by atoms with van der Waals surface area (Å²) in [6.07, 6.45) is 2.91. The number of hydrogen-bond acceptors (Lipinski definition) is 13. The van der Waals surface area contributed by atoms with Crippen LogP contribution < -0.4 is 11.2 Å². The third-order valence-electron chi connectivity index (χ3n) is 4.65. The number of aliphatic hydroxyl groups is 1. The van der Waals surface area contributed by atoms with Crippen LogP contribution in [0.4, 0.5) is 0 Å². The van der Waals surface area contributed by atoms with Crippen LogP contribution in [0.25, 0.3) is 0 Å². The van der Waals surface area contributed by atoms with E-state index < -0.39 is 74.2 Å². The number of aromatic amines is 1. The van der Waals surface area contributed by atoms with Gasteiger partial charge < -0.3 is 29.4 Å². The Bertz CT molecular complexity index is 1370. The topological polar surface area (TPSA) is 280 Å². The van der Waals surface area contributed by atoms with Crippen LogP contribution in [0.15, 0.2) is 15.8 Å². The van der Waals surface area contributed by atoms with E-state index in [9.17, 15) is 52.5 Å². The molecule has 7 atom stereocenters. The number of unbranched alkanes of at least 4 members (excludes halogenated alkanes) is 2. The highest BCUT2D eigenvalue weighted by molar-refractivity contribution is 7.69. The molecule has 1 fully saturated rings. The Balaban J connectivity index is 1.93. The van der Waals surface area contributed by atoms with Gasteiger partial charge >= 0.3 is 37.0 Å². The minimum Gasteiger partial charge on any atom is -0.390 e. The fraction of sp³-hybridized carbons (Fsp3) is 0.625. The molecule has 1 aromatic heterocycles. The molecule has 1 aliphatic rings. The van der Waals surface area contributed by atoms with Crippen LogP contribution in [-0.2, 0) is 45.0 Å². The van der Waals surface area contributed by atoms with E-state index in [-0.39, 0.29) is 18.4 Å². The van der Waals surface area contributed by atoms with Crippen molar-refractivity contribution >= 4 is 31.3 Å². The molecule has 222 valence electrons. The lowest BCUT2D eigenvalue weighted by molar-refractivity contribution is -0.0450. The van der Waals surface area contributed by atoms with Gasteiger partial charge in [0, 0.05) is 24.6 Å². The number of hydrogen-bond donors (Lipinski definition) is 6. The number of nitrogens with one attached hydrogen (secondary N) is 1. The van der Waals surface area contributed by atoms with Crippen molar-refractivity contribution in [2.24, 2.45) is 0 Å². The fourth-order valence-corrected chi connectivity index (χ4v) is 7.96. The van der Waals surface area contributed by atoms with Gasteiger partial charge in [-0.1, -0.05) is 0 Å². The Hall–Kier alpha value is -1.28. The van der Waals surface area contributed by atoms with Crippen molar-refractivity contribution in [3.63, 3.8) is 0 Å². The molecule has 39 heavy (non-hydrogen) atoms. The number of aromatic nitrogens is 2. The van der Waals surface area contributed by atoms with Gasteiger partial charge in [0.2, 0.25) is 0 Å². The molecule has 0 saturated carbocycles. The third kappa shape index (κ3) is 11.3. The van der Waals surface area contributed by atoms with Gasteiger partial charge in [-0.2, -0.15) is 12.9 Å². The highest BCUT2D eigenvalue weighted by Crippen LogP contribution is 2.71. The maximum absolute atomic E-state index is 12.1. The monoisotopic (exact) mass is 642 g/mol. The van der Waals surface area contributed by atoms with Crippen molar-refractivity contribution < 1.29 is 69.7 Å². The van der Waals surface area contributed by atoms with Gasteiger partial charge in [0.05, 0.1) is 19.3 Å². The number of rotatable bonds is 15. The lowest BCUT2D eigenvalue weighted by Crippen LogP contribution is -2.33. The van der Waals surface area contributed by atoms with E-state index in [2.05, 4.69) is 27.9 Å². The van der Waals surface area contributed by atoms with Crippen molar-refractivity contribution in [3.8, 4) is 12.3 Å². The summed E-state index contributed by atoms with van der Waals surface area (Å²) in [5, 5.41) is 10.1. The standard InChI is InChI=1S/C16H26N2O17P4/c1-3-4-5-6-7-30-36(22,23)33-38(26,27)35-39(28,29)34-37(24,25)31-10-13-12(19)8-14(32-13)18-9-11(2)15(20)17-16(18)21/h1,9,12-14,19H,4-8,10H2,2H3,(H,22,23)(H,24,25)(H,26,27)(H,28,29)(H,17,20,21)/t12-,13?,14-/m1/s1. The third-order valence-corrected chi connectivity index (χ3v) is 10.6. The Morgan fingerprint density at radius 3 is 2.18 bits per heavy atom. The molecule has 2 rings (SSSR count). The maximum atomic E-state index is 12.1. The average Bonchev–Trinajstić information content (AvgIpc) is 3.12. The smallest absolute Gasteiger partial charge is 0.390 e. The molecule has 2 heterocycles. The highest BCUT2D eigenvalue weighted by Gasteiger charge is 2.46. The van der Waals surface area contributed by atoms with E-state index in [0.29, 0.717) is 12.8 Å². The lowest BCUT2D eigenvalue weighted by atomic mass is 10.2. The molecule has 5 unspecified atom stereocenters. The summed E-state index contributed by atoms with van der Waals surface area (Å²) in [5.41, 5.74) is -1.36. The van der Waals surface area contributed by atoms with Gasteiger partial charge in [-0.05, 0) is 19.8 Å². The van der Waals surface area contributed by atoms with Crippen molar-refractivity contribution in [2.45, 2.75) is 51.0 Å². The van der Waals surface area contributed by atoms with E-state index in [0.717, 1.165) is 10.8 Å². The first-order valence-electron chi connectivity index (χ1n) is 10.7. The van der Waals surface area contributed by atoms with Gasteiger partial charge in [0.15, 0.2) is 0 Å². The number of aryl methyl sites for hydroxylation is 1. The second kappa shape index (κ2) is 13.6. The largest absolute Gasteiger partial charge is 0.490 e. The predicted molar refractivity (Wildman–Crippen MR) is 128 cm³/mol. The molecule has 1 aliphatic heterocycles. The lowest BCUT2D eigenvalue weighted by Gasteiger charge is -2.21. The SMILES string of the molecule is C#CCCCCOP(=O)(O)OP(=O)(O)OP(=O)(O)OP(=O)(O)OCC1O[C@@H](n2cc(C)c(=O)[nH]c2=O)C[C@H]1O. The Labute approximate surface area is 220 Å². The van der Waals surface area contributed by atoms with Crippen molar-refractivity contribution in [2.75, 3.05) is 13.2 Å². The summed E-state index contributed by atoms with van der Waals surface area (Å²) in [6, 6.07) is 0. The Kier molecular flexibility index (Phi) is 11.8. The molecule has 19 nitrogen and oxygen atoms in total. The van der Waals surface area contributed by atoms with E-state index in [4.69, 9.17) is 11.2 Å². The normalized spacial score (nSPS) is 25.6. The first-order valence-corrected chi connectivity index (χ1v) is 16.7. The van der Waals surface area contributed by atoms with E-state index in [1.807, 2.05) is 4.98 Å². The highest BCUT2D eigenvalue weighted by atomic mass is 31.3. The van der Waals surface area contributed by atoms with E-state index in [1.54, 1.807) is 0 Å². The number of ether oxygens (including phenoxy) is 1. The molecule has 0 aromatic carbocycles. The summed E-state index contributed by atoms with van der Waals surface area (Å²) in [6.45, 7) is -0.00915. The van der Waals surface area contributed by atoms with Crippen LogP contribution >= 0.6 is 31.3 Å². The van der Waals surface area contributed by atoms with Crippen molar-refractivity contribution in [1.82, 2.24) is 9.55 Å². The molecular formula is C16H26N2O17P4. The number of aliphatic hydroxyl groups excluding tert-OH is 1. The first-order chi connectivity index (χ1) is 17.9. The molecule has 0 aliphatic carbocycles. The minimum absolute atomic E-state index is 0.147. The van der Waals surface area contributed by atoms with E-state index >= 15 is 0 Å². The van der Waals surface area contributed by atoms with Crippen LogP contribution in [0.1, 0.15) is 37.5 Å². The second-order valence-corrected chi connectivity index (χ2v) is 14.0. The number of nitrogens with zero attached hydrogens (tertiary/aromatic N) is 1. The zero-order chi connectivity index (χ0) is 29.6. The number of phosphoric ester groups is 2.